The Hall–Kier alpha value is -5.73. The minimum atomic E-state index is 0.978. The van der Waals surface area contributed by atoms with Gasteiger partial charge in [0.15, 0.2) is 6.20 Å². The number of hydrogen-bond acceptors (Lipinski definition) is 0. The lowest BCUT2D eigenvalue weighted by Crippen LogP contribution is -2.14. The second-order valence-electron chi connectivity index (χ2n) is 11.8. The zero-order chi connectivity index (χ0) is 29.4. The summed E-state index contributed by atoms with van der Waals surface area (Å²) in [5, 5.41) is 5.13. The van der Waals surface area contributed by atoms with Crippen molar-refractivity contribution in [3.8, 4) is 11.1 Å². The third kappa shape index (κ3) is 3.58. The molecule has 0 unspecified atom stereocenters. The Morgan fingerprint density at radius 3 is 2.02 bits per heavy atom. The average molecular weight is 562 g/mol. The van der Waals surface area contributed by atoms with Crippen LogP contribution in [0.15, 0.2) is 158 Å². The van der Waals surface area contributed by atoms with Crippen molar-refractivity contribution in [2.24, 2.45) is 0 Å². The van der Waals surface area contributed by atoms with Crippen LogP contribution in [0.5, 0.6) is 0 Å². The Kier molecular flexibility index (Phi) is 5.30. The summed E-state index contributed by atoms with van der Waals surface area (Å²) in [6.45, 7) is 6.73. The topological polar surface area (TPSA) is 7.42 Å². The van der Waals surface area contributed by atoms with Crippen molar-refractivity contribution in [2.45, 2.75) is 6.92 Å². The quantitative estimate of drug-likeness (QED) is 0.185. The molecular formula is C42H29N2+. The zero-order valence-corrected chi connectivity index (χ0v) is 24.5. The highest BCUT2D eigenvalue weighted by Gasteiger charge is 2.26. The van der Waals surface area contributed by atoms with E-state index in [1.807, 2.05) is 0 Å². The van der Waals surface area contributed by atoms with Crippen molar-refractivity contribution >= 4 is 60.6 Å². The minimum absolute atomic E-state index is 0.978. The highest BCUT2D eigenvalue weighted by atomic mass is 15.0. The van der Waals surface area contributed by atoms with Crippen molar-refractivity contribution in [3.63, 3.8) is 0 Å². The fourth-order valence-corrected chi connectivity index (χ4v) is 7.16. The van der Waals surface area contributed by atoms with E-state index in [0.717, 1.165) is 17.0 Å². The van der Waals surface area contributed by atoms with Crippen molar-refractivity contribution in [2.75, 3.05) is 0 Å². The van der Waals surface area contributed by atoms with Crippen LogP contribution < -0.4 is 0 Å². The van der Waals surface area contributed by atoms with Crippen LogP contribution in [0.4, 0.5) is 5.69 Å². The van der Waals surface area contributed by atoms with Gasteiger partial charge in [-0.2, -0.15) is 4.58 Å². The van der Waals surface area contributed by atoms with Gasteiger partial charge in [0, 0.05) is 45.3 Å². The number of nitrogens with zero attached hydrogens (tertiary/aromatic N) is 2. The summed E-state index contributed by atoms with van der Waals surface area (Å²) in [6, 6.07) is 39.8. The first-order valence-electron chi connectivity index (χ1n) is 15.1. The van der Waals surface area contributed by atoms with Crippen LogP contribution in [-0.4, -0.2) is 14.7 Å². The number of benzene rings is 5. The second-order valence-corrected chi connectivity index (χ2v) is 11.8. The van der Waals surface area contributed by atoms with Gasteiger partial charge in [0.1, 0.15) is 0 Å². The maximum absolute atomic E-state index is 4.50. The molecule has 0 amide bonds. The molecule has 0 saturated heterocycles. The summed E-state index contributed by atoms with van der Waals surface area (Å²) >= 11 is 0. The normalized spacial score (nSPS) is 17.3. The molecule has 2 nitrogen and oxygen atoms in total. The van der Waals surface area contributed by atoms with E-state index in [9.17, 15) is 0 Å². The van der Waals surface area contributed by atoms with Gasteiger partial charge in [-0.05, 0) is 77.2 Å². The summed E-state index contributed by atoms with van der Waals surface area (Å²) in [6.07, 6.45) is 13.1. The first-order valence-corrected chi connectivity index (χ1v) is 15.1. The third-order valence-electron chi connectivity index (χ3n) is 9.22. The van der Waals surface area contributed by atoms with Crippen LogP contribution in [0.2, 0.25) is 0 Å². The van der Waals surface area contributed by atoms with E-state index in [2.05, 4.69) is 168 Å². The number of allylic oxidation sites excluding steroid dienone is 8. The lowest BCUT2D eigenvalue weighted by molar-refractivity contribution is -0.358. The van der Waals surface area contributed by atoms with Crippen molar-refractivity contribution in [1.82, 2.24) is 4.40 Å². The minimum Gasteiger partial charge on any atom is -0.308 e. The van der Waals surface area contributed by atoms with Gasteiger partial charge in [0.2, 0.25) is 11.4 Å². The van der Waals surface area contributed by atoms with Gasteiger partial charge < -0.3 is 4.40 Å². The van der Waals surface area contributed by atoms with Crippen LogP contribution in [-0.2, 0) is 0 Å². The Labute approximate surface area is 256 Å². The molecule has 0 fully saturated rings. The lowest BCUT2D eigenvalue weighted by Gasteiger charge is -2.16. The molecule has 0 spiro atoms. The molecule has 2 aliphatic heterocycles. The van der Waals surface area contributed by atoms with Crippen LogP contribution in [0.3, 0.4) is 0 Å². The highest BCUT2D eigenvalue weighted by Crippen LogP contribution is 2.42. The molecule has 206 valence electrons. The number of fused-ring (bicyclic) bond motifs is 8. The fraction of sp³-hybridized carbons (Fsp3) is 0.0238. The summed E-state index contributed by atoms with van der Waals surface area (Å²) in [5.74, 6) is 0. The van der Waals surface area contributed by atoms with E-state index in [4.69, 9.17) is 0 Å². The average Bonchev–Trinajstić information content (AvgIpc) is 3.51. The maximum Gasteiger partial charge on any atom is 0.218 e. The molecule has 5 aromatic carbocycles. The van der Waals surface area contributed by atoms with Gasteiger partial charge in [-0.1, -0.05) is 85.5 Å². The number of hydrogen-bond donors (Lipinski definition) is 0. The molecule has 0 N–H and O–H groups in total. The van der Waals surface area contributed by atoms with Crippen molar-refractivity contribution in [1.29, 1.82) is 0 Å². The van der Waals surface area contributed by atoms with Crippen molar-refractivity contribution < 1.29 is 4.58 Å². The van der Waals surface area contributed by atoms with E-state index in [1.165, 1.54) is 71.5 Å². The molecule has 9 rings (SSSR count). The molecule has 0 saturated carbocycles. The molecule has 0 bridgehead atoms. The van der Waals surface area contributed by atoms with Crippen LogP contribution in [0.1, 0.15) is 18.1 Å². The van der Waals surface area contributed by atoms with Gasteiger partial charge in [0.05, 0.1) is 22.1 Å². The number of aromatic nitrogens is 1. The van der Waals surface area contributed by atoms with Gasteiger partial charge >= 0.3 is 0 Å². The molecule has 2 aliphatic rings. The molecule has 0 radical (unpaired) electrons. The van der Waals surface area contributed by atoms with Gasteiger partial charge in [-0.15, -0.1) is 0 Å². The van der Waals surface area contributed by atoms with Gasteiger partial charge in [-0.25, -0.2) is 0 Å². The van der Waals surface area contributed by atoms with Crippen LogP contribution >= 0.6 is 0 Å². The van der Waals surface area contributed by atoms with E-state index >= 15 is 0 Å². The van der Waals surface area contributed by atoms with E-state index in [1.54, 1.807) is 0 Å². The standard InChI is InChI=1S/C42H29N2/c1-27-12-10-11-21-43-38-20-19-30(29-13-4-3-5-14-29)23-35(38)28(2)22-31(26-41(27)43)32-24-36-33-15-6-8-17-39(33)44-40-18-9-7-16-34(40)37(25-32)42(36)44/h3-26H,1H2,2H3/q+1/b28-22+,31-22?,31-26+,35-28?,41-26?. The van der Waals surface area contributed by atoms with Gasteiger partial charge in [0.25, 0.3) is 0 Å². The predicted octanol–water partition coefficient (Wildman–Crippen LogP) is 10.7. The molecule has 2 heteroatoms. The number of rotatable bonds is 2. The molecular weight excluding hydrogens is 532 g/mol. The van der Waals surface area contributed by atoms with Crippen LogP contribution in [0.25, 0.3) is 60.4 Å². The highest BCUT2D eigenvalue weighted by molar-refractivity contribution is 6.24. The summed E-state index contributed by atoms with van der Waals surface area (Å²) < 4.78 is 4.73. The first-order chi connectivity index (χ1) is 21.7. The lowest BCUT2D eigenvalue weighted by atomic mass is 9.91. The number of para-hydroxylation sites is 2. The summed E-state index contributed by atoms with van der Waals surface area (Å²) in [7, 11) is 0. The smallest absolute Gasteiger partial charge is 0.218 e. The molecule has 0 aliphatic carbocycles. The fourth-order valence-electron chi connectivity index (χ4n) is 7.16. The second kappa shape index (κ2) is 9.39. The Bertz CT molecular complexity index is 2410. The monoisotopic (exact) mass is 561 g/mol. The molecule has 44 heavy (non-hydrogen) atoms. The van der Waals surface area contributed by atoms with E-state index in [0.29, 0.717) is 0 Å². The van der Waals surface area contributed by atoms with E-state index < -0.39 is 0 Å². The first kappa shape index (κ1) is 24.8. The third-order valence-corrected chi connectivity index (χ3v) is 9.22. The van der Waals surface area contributed by atoms with Gasteiger partial charge in [-0.3, -0.25) is 0 Å². The summed E-state index contributed by atoms with van der Waals surface area (Å²) in [5.41, 5.74) is 14.2. The zero-order valence-electron chi connectivity index (χ0n) is 24.5. The molecule has 7 aromatic rings. The Balaban J connectivity index is 1.35. The largest absolute Gasteiger partial charge is 0.308 e. The predicted molar refractivity (Wildman–Crippen MR) is 187 cm³/mol. The summed E-state index contributed by atoms with van der Waals surface area (Å²) in [4.78, 5) is 0. The van der Waals surface area contributed by atoms with Crippen molar-refractivity contribution in [3.05, 3.63) is 169 Å². The Morgan fingerprint density at radius 2 is 1.30 bits per heavy atom. The maximum atomic E-state index is 4.50. The van der Waals surface area contributed by atoms with Crippen LogP contribution in [0, 0.1) is 0 Å². The Morgan fingerprint density at radius 1 is 0.614 bits per heavy atom. The molecule has 2 aromatic heterocycles. The molecule has 4 heterocycles. The van der Waals surface area contributed by atoms with E-state index in [-0.39, 0.29) is 0 Å². The SMILES string of the molecule is C=C1C=CC=C[N+]2=C1/C=C(c1cc3c4ccccc4n4c5ccccc5c(c1)c34)\C=C(/C)c1cc(-c3ccccc3)ccc12. The molecule has 0 atom stereocenters.